The maximum absolute atomic E-state index is 14.8. The third-order valence-corrected chi connectivity index (χ3v) is 4.23. The van der Waals surface area contributed by atoms with Gasteiger partial charge in [0, 0.05) is 0 Å². The summed E-state index contributed by atoms with van der Waals surface area (Å²) in [6.07, 6.45) is 1.30. The third kappa shape index (κ3) is 4.06. The minimum atomic E-state index is -1.20. The first-order chi connectivity index (χ1) is 15.0. The Morgan fingerprint density at radius 1 is 1.10 bits per heavy atom. The number of amides is 1. The molecule has 2 N–H and O–H groups in total. The number of anilines is 1. The van der Waals surface area contributed by atoms with Gasteiger partial charge in [-0.1, -0.05) is 0 Å². The van der Waals surface area contributed by atoms with Gasteiger partial charge in [-0.25, -0.2) is 18.2 Å². The molecule has 0 fully saturated rings. The zero-order chi connectivity index (χ0) is 22.0. The van der Waals surface area contributed by atoms with Crippen LogP contribution in [0.1, 0.15) is 10.4 Å². The molecule has 0 bridgehead atoms. The summed E-state index contributed by atoms with van der Waals surface area (Å²) in [5, 5.41) is 16.9. The Labute approximate surface area is 172 Å². The second-order valence-corrected chi connectivity index (χ2v) is 6.24. The standard InChI is InChI=1S/C20H13F3N6O2/c1-31-20-13-8-12(9-24-18(13)28-29-20)25-19(30)16-14(22)6-7-15(17(16)23)27-26-11-4-2-10(21)3-5-11/h2-9H,1H3,(H,25,30)(H,24,28,29). The van der Waals surface area contributed by atoms with Crippen molar-refractivity contribution in [3.05, 3.63) is 71.7 Å². The molecule has 156 valence electrons. The Balaban J connectivity index is 1.62. The summed E-state index contributed by atoms with van der Waals surface area (Å²) in [6.45, 7) is 0. The number of azo groups is 1. The maximum Gasteiger partial charge on any atom is 0.261 e. The number of hydrogen-bond donors (Lipinski definition) is 2. The third-order valence-electron chi connectivity index (χ3n) is 4.23. The van der Waals surface area contributed by atoms with Gasteiger partial charge in [0.2, 0.25) is 5.88 Å². The summed E-state index contributed by atoms with van der Waals surface area (Å²) in [7, 11) is 1.41. The number of carbonyl (C=O) groups is 1. The SMILES string of the molecule is COc1n[nH]c2ncc(NC(=O)c3c(F)ccc(N=Nc4ccc(F)cc4)c3F)cc12. The number of carbonyl (C=O) groups excluding carboxylic acids is 1. The van der Waals surface area contributed by atoms with Crippen LogP contribution in [0.15, 0.2) is 58.9 Å². The smallest absolute Gasteiger partial charge is 0.261 e. The van der Waals surface area contributed by atoms with Crippen LogP contribution >= 0.6 is 0 Å². The number of benzene rings is 2. The van der Waals surface area contributed by atoms with Crippen molar-refractivity contribution in [3.8, 4) is 5.88 Å². The number of fused-ring (bicyclic) bond motifs is 1. The number of nitrogens with zero attached hydrogens (tertiary/aromatic N) is 4. The quantitative estimate of drug-likeness (QED) is 0.436. The van der Waals surface area contributed by atoms with Crippen molar-refractivity contribution >= 4 is 34.0 Å². The Hall–Kier alpha value is -4.28. The highest BCUT2D eigenvalue weighted by Gasteiger charge is 2.21. The number of aromatic nitrogens is 3. The van der Waals surface area contributed by atoms with E-state index in [2.05, 4.69) is 30.7 Å². The molecule has 2 heterocycles. The van der Waals surface area contributed by atoms with Crippen molar-refractivity contribution in [2.75, 3.05) is 12.4 Å². The number of pyridine rings is 1. The molecule has 0 aliphatic rings. The Kier molecular flexibility index (Phi) is 5.31. The van der Waals surface area contributed by atoms with Crippen LogP contribution in [0.5, 0.6) is 5.88 Å². The van der Waals surface area contributed by atoms with Gasteiger partial charge in [-0.15, -0.1) is 10.2 Å². The van der Waals surface area contributed by atoms with E-state index in [1.54, 1.807) is 0 Å². The van der Waals surface area contributed by atoms with Gasteiger partial charge in [-0.3, -0.25) is 9.89 Å². The first kappa shape index (κ1) is 20.0. The zero-order valence-electron chi connectivity index (χ0n) is 15.9. The lowest BCUT2D eigenvalue weighted by Gasteiger charge is -2.08. The molecule has 0 saturated carbocycles. The molecule has 0 saturated heterocycles. The maximum atomic E-state index is 14.8. The molecular weight excluding hydrogens is 413 g/mol. The fourth-order valence-corrected chi connectivity index (χ4v) is 2.74. The highest BCUT2D eigenvalue weighted by molar-refractivity contribution is 6.05. The molecule has 11 heteroatoms. The Morgan fingerprint density at radius 3 is 2.61 bits per heavy atom. The van der Waals surface area contributed by atoms with E-state index in [1.807, 2.05) is 0 Å². The molecule has 4 aromatic rings. The summed E-state index contributed by atoms with van der Waals surface area (Å²) in [5.41, 5.74) is -0.356. The van der Waals surface area contributed by atoms with Crippen LogP contribution in [0, 0.1) is 17.5 Å². The lowest BCUT2D eigenvalue weighted by molar-refractivity contribution is 0.101. The van der Waals surface area contributed by atoms with Gasteiger partial charge >= 0.3 is 0 Å². The van der Waals surface area contributed by atoms with Crippen LogP contribution in [-0.2, 0) is 0 Å². The minimum absolute atomic E-state index is 0.175. The minimum Gasteiger partial charge on any atom is -0.479 e. The van der Waals surface area contributed by atoms with Crippen molar-refractivity contribution in [1.29, 1.82) is 0 Å². The van der Waals surface area contributed by atoms with Crippen LogP contribution in [0.3, 0.4) is 0 Å². The van der Waals surface area contributed by atoms with E-state index in [0.717, 1.165) is 24.3 Å². The van der Waals surface area contributed by atoms with Crippen LogP contribution in [0.25, 0.3) is 11.0 Å². The molecule has 2 aromatic heterocycles. The van der Waals surface area contributed by atoms with Crippen LogP contribution in [0.4, 0.5) is 30.2 Å². The number of hydrogen-bond acceptors (Lipinski definition) is 6. The number of rotatable bonds is 5. The number of nitrogens with one attached hydrogen (secondary N) is 2. The van der Waals surface area contributed by atoms with Crippen LogP contribution in [0.2, 0.25) is 0 Å². The van der Waals surface area contributed by atoms with Crippen LogP contribution in [-0.4, -0.2) is 28.2 Å². The van der Waals surface area contributed by atoms with Gasteiger partial charge in [0.1, 0.15) is 22.9 Å². The molecule has 1 amide bonds. The molecule has 31 heavy (non-hydrogen) atoms. The van der Waals surface area contributed by atoms with E-state index >= 15 is 0 Å². The van der Waals surface area contributed by atoms with E-state index < -0.39 is 28.9 Å². The molecule has 0 spiro atoms. The van der Waals surface area contributed by atoms with E-state index in [4.69, 9.17) is 4.74 Å². The molecule has 4 rings (SSSR count). The number of halogens is 3. The normalized spacial score (nSPS) is 11.2. The average molecular weight is 426 g/mol. The molecule has 0 unspecified atom stereocenters. The van der Waals surface area contributed by atoms with Crippen LogP contribution < -0.4 is 10.1 Å². The number of ether oxygens (including phenoxy) is 1. The van der Waals surface area contributed by atoms with E-state index in [0.29, 0.717) is 11.0 Å². The van der Waals surface area contributed by atoms with Crippen molar-refractivity contribution < 1.29 is 22.7 Å². The van der Waals surface area contributed by atoms with Crippen molar-refractivity contribution in [3.63, 3.8) is 0 Å². The fraction of sp³-hybridized carbons (Fsp3) is 0.0500. The average Bonchev–Trinajstić information content (AvgIpc) is 3.17. The molecular formula is C20H13F3N6O2. The Bertz CT molecular complexity index is 1300. The lowest BCUT2D eigenvalue weighted by Crippen LogP contribution is -2.16. The number of aromatic amines is 1. The van der Waals surface area contributed by atoms with E-state index in [9.17, 15) is 18.0 Å². The van der Waals surface area contributed by atoms with Gasteiger partial charge in [0.25, 0.3) is 5.91 Å². The summed E-state index contributed by atoms with van der Waals surface area (Å²) in [5.74, 6) is -3.54. The van der Waals surface area contributed by atoms with E-state index in [1.165, 1.54) is 31.5 Å². The lowest BCUT2D eigenvalue weighted by atomic mass is 10.1. The topological polar surface area (TPSA) is 105 Å². The first-order valence-corrected chi connectivity index (χ1v) is 8.81. The van der Waals surface area contributed by atoms with Gasteiger partial charge < -0.3 is 10.1 Å². The summed E-state index contributed by atoms with van der Waals surface area (Å²) >= 11 is 0. The second-order valence-electron chi connectivity index (χ2n) is 6.24. The summed E-state index contributed by atoms with van der Waals surface area (Å²) < 4.78 is 47.1. The molecule has 0 atom stereocenters. The van der Waals surface area contributed by atoms with Gasteiger partial charge in [0.15, 0.2) is 11.5 Å². The molecule has 0 aliphatic carbocycles. The molecule has 0 aliphatic heterocycles. The summed E-state index contributed by atoms with van der Waals surface area (Å²) in [6, 6.07) is 8.43. The zero-order valence-corrected chi connectivity index (χ0v) is 15.9. The highest BCUT2D eigenvalue weighted by atomic mass is 19.1. The van der Waals surface area contributed by atoms with Crippen molar-refractivity contribution in [2.45, 2.75) is 0 Å². The Morgan fingerprint density at radius 2 is 1.87 bits per heavy atom. The highest BCUT2D eigenvalue weighted by Crippen LogP contribution is 2.28. The van der Waals surface area contributed by atoms with Gasteiger partial charge in [-0.05, 0) is 42.5 Å². The molecule has 2 aromatic carbocycles. The second kappa shape index (κ2) is 8.22. The number of H-pyrrole nitrogens is 1. The van der Waals surface area contributed by atoms with E-state index in [-0.39, 0.29) is 22.9 Å². The largest absolute Gasteiger partial charge is 0.479 e. The monoisotopic (exact) mass is 426 g/mol. The molecule has 8 nitrogen and oxygen atoms in total. The van der Waals surface area contributed by atoms with Crippen molar-refractivity contribution in [2.24, 2.45) is 10.2 Å². The summed E-state index contributed by atoms with van der Waals surface area (Å²) in [4.78, 5) is 16.6. The fourth-order valence-electron chi connectivity index (χ4n) is 2.74. The van der Waals surface area contributed by atoms with Crippen molar-refractivity contribution in [1.82, 2.24) is 15.2 Å². The predicted molar refractivity (Wildman–Crippen MR) is 105 cm³/mol. The predicted octanol–water partition coefficient (Wildman–Crippen LogP) is 5.05. The van der Waals surface area contributed by atoms with Gasteiger partial charge in [0.05, 0.1) is 30.1 Å². The first-order valence-electron chi connectivity index (χ1n) is 8.81. The van der Waals surface area contributed by atoms with Gasteiger partial charge in [-0.2, -0.15) is 5.11 Å². The number of methoxy groups -OCH3 is 1. The molecule has 0 radical (unpaired) electrons.